The molecule has 3 heterocycles. The predicted molar refractivity (Wildman–Crippen MR) is 102 cm³/mol. The van der Waals surface area contributed by atoms with Crippen LogP contribution in [0.3, 0.4) is 0 Å². The Hall–Kier alpha value is -2.41. The molecule has 0 bridgehead atoms. The van der Waals surface area contributed by atoms with Gasteiger partial charge in [0, 0.05) is 25.9 Å². The average molecular weight is 387 g/mol. The molecule has 2 fully saturated rings. The molecule has 0 radical (unpaired) electrons. The number of aromatic nitrogens is 2. The second-order valence-electron chi connectivity index (χ2n) is 7.74. The summed E-state index contributed by atoms with van der Waals surface area (Å²) in [6.45, 7) is 2.79. The van der Waals surface area contributed by atoms with E-state index in [1.165, 1.54) is 12.1 Å². The number of amides is 1. The number of carbonyl (C=O) groups is 1. The summed E-state index contributed by atoms with van der Waals surface area (Å²) in [7, 11) is 0. The van der Waals surface area contributed by atoms with Gasteiger partial charge in [0.15, 0.2) is 0 Å². The van der Waals surface area contributed by atoms with Crippen LogP contribution in [0.2, 0.25) is 0 Å². The monoisotopic (exact) mass is 387 g/mol. The molecule has 7 heteroatoms. The van der Waals surface area contributed by atoms with E-state index in [2.05, 4.69) is 10.2 Å². The van der Waals surface area contributed by atoms with Crippen molar-refractivity contribution in [1.29, 1.82) is 0 Å². The number of likely N-dealkylation sites (tertiary alicyclic amines) is 1. The lowest BCUT2D eigenvalue weighted by Crippen LogP contribution is -2.51. The number of ether oxygens (including phenoxy) is 2. The van der Waals surface area contributed by atoms with E-state index in [0.717, 1.165) is 38.7 Å². The molecule has 6 nitrogen and oxygen atoms in total. The lowest BCUT2D eigenvalue weighted by Gasteiger charge is -2.46. The highest BCUT2D eigenvalue weighted by Gasteiger charge is 2.41. The number of rotatable bonds is 5. The third-order valence-corrected chi connectivity index (χ3v) is 5.90. The Labute approximate surface area is 164 Å². The first-order chi connectivity index (χ1) is 13.6. The fourth-order valence-electron chi connectivity index (χ4n) is 4.26. The van der Waals surface area contributed by atoms with Crippen LogP contribution in [0.25, 0.3) is 0 Å². The van der Waals surface area contributed by atoms with E-state index in [0.29, 0.717) is 37.1 Å². The average Bonchev–Trinajstić information content (AvgIpc) is 3.25. The Bertz CT molecular complexity index is 771. The Morgan fingerprint density at radius 2 is 2.07 bits per heavy atom. The third kappa shape index (κ3) is 4.35. The number of hydrogen-bond acceptors (Lipinski definition) is 4. The quantitative estimate of drug-likeness (QED) is 0.854. The maximum absolute atomic E-state index is 13.0. The third-order valence-electron chi connectivity index (χ3n) is 5.90. The predicted octanol–water partition coefficient (Wildman–Crippen LogP) is 3.42. The molecule has 1 atom stereocenters. The van der Waals surface area contributed by atoms with Gasteiger partial charge < -0.3 is 14.4 Å². The maximum atomic E-state index is 13.0. The minimum atomic E-state index is -0.254. The van der Waals surface area contributed by atoms with Gasteiger partial charge in [-0.15, -0.1) is 0 Å². The summed E-state index contributed by atoms with van der Waals surface area (Å²) >= 11 is 0. The van der Waals surface area contributed by atoms with Crippen molar-refractivity contribution >= 4 is 5.91 Å². The second-order valence-corrected chi connectivity index (χ2v) is 7.74. The molecule has 2 aromatic rings. The molecule has 1 amide bonds. The van der Waals surface area contributed by atoms with E-state index >= 15 is 0 Å². The maximum Gasteiger partial charge on any atom is 0.271 e. The van der Waals surface area contributed by atoms with Gasteiger partial charge in [-0.1, -0.05) is 0 Å². The zero-order valence-electron chi connectivity index (χ0n) is 15.9. The normalized spacial score (nSPS) is 21.6. The summed E-state index contributed by atoms with van der Waals surface area (Å²) in [5.41, 5.74) is 0.417. The summed E-state index contributed by atoms with van der Waals surface area (Å²) in [5.74, 6) is 1.00. The molecule has 150 valence electrons. The van der Waals surface area contributed by atoms with Gasteiger partial charge in [-0.05, 0) is 68.4 Å². The molecule has 1 aromatic heterocycles. The van der Waals surface area contributed by atoms with Crippen molar-refractivity contribution in [2.24, 2.45) is 5.92 Å². The highest BCUT2D eigenvalue weighted by atomic mass is 19.1. The van der Waals surface area contributed by atoms with Crippen LogP contribution in [0.4, 0.5) is 4.39 Å². The summed E-state index contributed by atoms with van der Waals surface area (Å²) in [6, 6.07) is 7.86. The Morgan fingerprint density at radius 1 is 1.29 bits per heavy atom. The lowest BCUT2D eigenvalue weighted by molar-refractivity contribution is -0.125. The van der Waals surface area contributed by atoms with E-state index in [-0.39, 0.29) is 17.3 Å². The van der Waals surface area contributed by atoms with Crippen LogP contribution in [-0.2, 0) is 4.74 Å². The van der Waals surface area contributed by atoms with Crippen molar-refractivity contribution in [3.05, 3.63) is 48.0 Å². The van der Waals surface area contributed by atoms with Crippen molar-refractivity contribution in [2.75, 3.05) is 26.3 Å². The molecule has 1 spiro atoms. The van der Waals surface area contributed by atoms with Gasteiger partial charge in [-0.3, -0.25) is 9.89 Å². The smallest absolute Gasteiger partial charge is 0.271 e. The Morgan fingerprint density at radius 3 is 2.79 bits per heavy atom. The fraction of sp³-hybridized carbons (Fsp3) is 0.524. The van der Waals surface area contributed by atoms with Crippen molar-refractivity contribution < 1.29 is 18.7 Å². The SMILES string of the molecule is O=C(c1ccn[nH]1)N1CCC2(CC1)CC(CCOc1ccc(F)cc1)CCO2. The number of carbonyl (C=O) groups excluding carboxylic acids is 1. The summed E-state index contributed by atoms with van der Waals surface area (Å²) in [6.07, 6.45) is 6.32. The molecule has 2 aliphatic heterocycles. The minimum absolute atomic E-state index is 0.00686. The standard InChI is InChI=1S/C21H26FN3O3/c22-17-1-3-18(4-2-17)27-13-6-16-7-14-28-21(15-16)8-11-25(12-9-21)20(26)19-5-10-23-24-19/h1-5,10,16H,6-9,11-15H2,(H,23,24). The van der Waals surface area contributed by atoms with E-state index in [1.807, 2.05) is 4.90 Å². The first kappa shape index (κ1) is 18.9. The van der Waals surface area contributed by atoms with Gasteiger partial charge in [0.25, 0.3) is 5.91 Å². The van der Waals surface area contributed by atoms with Crippen LogP contribution in [0.1, 0.15) is 42.6 Å². The van der Waals surface area contributed by atoms with Gasteiger partial charge in [0.1, 0.15) is 17.3 Å². The number of hydrogen-bond donors (Lipinski definition) is 1. The van der Waals surface area contributed by atoms with Gasteiger partial charge in [-0.25, -0.2) is 4.39 Å². The molecule has 1 N–H and O–H groups in total. The zero-order valence-corrected chi connectivity index (χ0v) is 15.9. The van der Waals surface area contributed by atoms with E-state index in [1.54, 1.807) is 24.4 Å². The van der Waals surface area contributed by atoms with Crippen LogP contribution < -0.4 is 4.74 Å². The molecule has 2 aliphatic rings. The molecule has 4 rings (SSSR count). The van der Waals surface area contributed by atoms with Crippen molar-refractivity contribution in [1.82, 2.24) is 15.1 Å². The second kappa shape index (κ2) is 8.31. The highest BCUT2D eigenvalue weighted by Crippen LogP contribution is 2.39. The minimum Gasteiger partial charge on any atom is -0.494 e. The first-order valence-electron chi connectivity index (χ1n) is 9.95. The van der Waals surface area contributed by atoms with Crippen LogP contribution in [-0.4, -0.2) is 52.9 Å². The van der Waals surface area contributed by atoms with Crippen LogP contribution in [0.5, 0.6) is 5.75 Å². The molecule has 0 aliphatic carbocycles. The summed E-state index contributed by atoms with van der Waals surface area (Å²) < 4.78 is 24.9. The fourth-order valence-corrected chi connectivity index (χ4v) is 4.26. The molecular formula is C21H26FN3O3. The van der Waals surface area contributed by atoms with E-state index in [4.69, 9.17) is 9.47 Å². The number of halogens is 1. The van der Waals surface area contributed by atoms with Crippen LogP contribution >= 0.6 is 0 Å². The van der Waals surface area contributed by atoms with Crippen LogP contribution in [0, 0.1) is 11.7 Å². The number of benzene rings is 1. The zero-order chi connectivity index (χ0) is 19.4. The molecule has 0 saturated carbocycles. The van der Waals surface area contributed by atoms with E-state index < -0.39 is 0 Å². The Kier molecular flexibility index (Phi) is 5.62. The molecule has 2 saturated heterocycles. The van der Waals surface area contributed by atoms with Gasteiger partial charge >= 0.3 is 0 Å². The van der Waals surface area contributed by atoms with Crippen LogP contribution in [0.15, 0.2) is 36.5 Å². The number of nitrogens with one attached hydrogen (secondary N) is 1. The largest absolute Gasteiger partial charge is 0.494 e. The summed E-state index contributed by atoms with van der Waals surface area (Å²) in [4.78, 5) is 14.3. The van der Waals surface area contributed by atoms with Crippen molar-refractivity contribution in [2.45, 2.75) is 37.7 Å². The number of aromatic amines is 1. The number of H-pyrrole nitrogens is 1. The van der Waals surface area contributed by atoms with Gasteiger partial charge in [-0.2, -0.15) is 5.10 Å². The van der Waals surface area contributed by atoms with Gasteiger partial charge in [0.05, 0.1) is 12.2 Å². The lowest BCUT2D eigenvalue weighted by atomic mass is 9.78. The number of nitrogens with zero attached hydrogens (tertiary/aromatic N) is 2. The topological polar surface area (TPSA) is 67.5 Å². The molecule has 28 heavy (non-hydrogen) atoms. The highest BCUT2D eigenvalue weighted by molar-refractivity contribution is 5.92. The Balaban J connectivity index is 1.25. The van der Waals surface area contributed by atoms with Gasteiger partial charge in [0.2, 0.25) is 0 Å². The van der Waals surface area contributed by atoms with Crippen molar-refractivity contribution in [3.63, 3.8) is 0 Å². The van der Waals surface area contributed by atoms with Crippen molar-refractivity contribution in [3.8, 4) is 5.75 Å². The molecule has 1 unspecified atom stereocenters. The van der Waals surface area contributed by atoms with E-state index in [9.17, 15) is 9.18 Å². The number of piperidine rings is 1. The molecular weight excluding hydrogens is 361 g/mol. The summed E-state index contributed by atoms with van der Waals surface area (Å²) in [5, 5.41) is 6.60. The first-order valence-corrected chi connectivity index (χ1v) is 9.95. The molecule has 1 aromatic carbocycles.